The molecule has 1 aliphatic carbocycles. The van der Waals surface area contributed by atoms with Gasteiger partial charge in [-0.2, -0.15) is 0 Å². The van der Waals surface area contributed by atoms with Crippen LogP contribution in [0.4, 0.5) is 0 Å². The zero-order valence-electron chi connectivity index (χ0n) is 8.36. The van der Waals surface area contributed by atoms with Gasteiger partial charge in [0, 0.05) is 19.8 Å². The van der Waals surface area contributed by atoms with Crippen LogP contribution >= 0.6 is 0 Å². The van der Waals surface area contributed by atoms with E-state index >= 15 is 0 Å². The molecule has 2 atom stereocenters. The van der Waals surface area contributed by atoms with Crippen LogP contribution in [0.3, 0.4) is 0 Å². The van der Waals surface area contributed by atoms with Crippen molar-refractivity contribution in [2.24, 2.45) is 5.92 Å². The summed E-state index contributed by atoms with van der Waals surface area (Å²) in [5.74, 6) is -0.546. The quantitative estimate of drug-likeness (QED) is 0.502. The molecule has 1 aliphatic rings. The van der Waals surface area contributed by atoms with Crippen LogP contribution in [0.15, 0.2) is 12.2 Å². The Bertz CT molecular complexity index is 257. The molecule has 78 valence electrons. The largest absolute Gasteiger partial charge is 0.465 e. The first-order chi connectivity index (χ1) is 6.59. The average molecular weight is 198 g/mol. The monoisotopic (exact) mass is 198 g/mol. The lowest BCUT2D eigenvalue weighted by molar-refractivity contribution is -0.149. The second-order valence-corrected chi connectivity index (χ2v) is 3.30. The van der Waals surface area contributed by atoms with Crippen molar-refractivity contribution in [3.05, 3.63) is 12.2 Å². The molecule has 14 heavy (non-hydrogen) atoms. The lowest BCUT2D eigenvalue weighted by Gasteiger charge is -2.18. The minimum absolute atomic E-state index is 0.0720. The van der Waals surface area contributed by atoms with Crippen LogP contribution in [0.2, 0.25) is 0 Å². The number of allylic oxidation sites excluding steroid dienone is 1. The Morgan fingerprint density at radius 3 is 2.64 bits per heavy atom. The van der Waals surface area contributed by atoms with Gasteiger partial charge < -0.3 is 9.47 Å². The average Bonchev–Trinajstić information content (AvgIpc) is 2.47. The molecule has 0 aromatic heterocycles. The molecular formula is C10H14O4. The standard InChI is InChI=1S/C10H14O4/c1-7(11)13-6-9-4-3-5-10(9)14-8(2)12/h3,5,9-10H,4,6H2,1-2H3/t9-,10+/m0/s1. The van der Waals surface area contributed by atoms with Gasteiger partial charge in [0.1, 0.15) is 6.10 Å². The molecule has 0 aromatic carbocycles. The molecule has 0 spiro atoms. The highest BCUT2D eigenvalue weighted by molar-refractivity contribution is 5.66. The molecular weight excluding hydrogens is 184 g/mol. The highest BCUT2D eigenvalue weighted by atomic mass is 16.6. The molecule has 0 heterocycles. The SMILES string of the molecule is CC(=O)OC[C@@H]1CC=C[C@H]1OC(C)=O. The number of hydrogen-bond acceptors (Lipinski definition) is 4. The lowest BCUT2D eigenvalue weighted by atomic mass is 10.1. The highest BCUT2D eigenvalue weighted by Crippen LogP contribution is 2.22. The number of ether oxygens (including phenoxy) is 2. The topological polar surface area (TPSA) is 52.6 Å². The first-order valence-corrected chi connectivity index (χ1v) is 4.57. The van der Waals surface area contributed by atoms with Crippen LogP contribution in [0.25, 0.3) is 0 Å². The van der Waals surface area contributed by atoms with Gasteiger partial charge in [0.2, 0.25) is 0 Å². The van der Waals surface area contributed by atoms with Crippen molar-refractivity contribution < 1.29 is 19.1 Å². The van der Waals surface area contributed by atoms with Crippen LogP contribution in [-0.4, -0.2) is 24.6 Å². The molecule has 0 saturated carbocycles. The van der Waals surface area contributed by atoms with Crippen molar-refractivity contribution in [2.75, 3.05) is 6.61 Å². The van der Waals surface area contributed by atoms with Gasteiger partial charge in [0.25, 0.3) is 0 Å². The van der Waals surface area contributed by atoms with Crippen molar-refractivity contribution in [3.8, 4) is 0 Å². The van der Waals surface area contributed by atoms with Crippen molar-refractivity contribution in [3.63, 3.8) is 0 Å². The number of carbonyl (C=O) groups is 2. The lowest BCUT2D eigenvalue weighted by Crippen LogP contribution is -2.25. The van der Waals surface area contributed by atoms with E-state index in [4.69, 9.17) is 9.47 Å². The third kappa shape index (κ3) is 3.20. The van der Waals surface area contributed by atoms with Crippen molar-refractivity contribution in [1.82, 2.24) is 0 Å². The Labute approximate surface area is 82.9 Å². The number of hydrogen-bond donors (Lipinski definition) is 0. The summed E-state index contributed by atoms with van der Waals surface area (Å²) < 4.78 is 9.91. The predicted molar refractivity (Wildman–Crippen MR) is 49.4 cm³/mol. The second kappa shape index (κ2) is 4.79. The van der Waals surface area contributed by atoms with Crippen LogP contribution in [-0.2, 0) is 19.1 Å². The summed E-state index contributed by atoms with van der Waals surface area (Å²) in [7, 11) is 0. The fourth-order valence-corrected chi connectivity index (χ4v) is 1.39. The number of esters is 2. The maximum atomic E-state index is 10.7. The first-order valence-electron chi connectivity index (χ1n) is 4.57. The van der Waals surface area contributed by atoms with Gasteiger partial charge in [0.05, 0.1) is 6.61 Å². The smallest absolute Gasteiger partial charge is 0.303 e. The van der Waals surface area contributed by atoms with E-state index in [-0.39, 0.29) is 24.0 Å². The Morgan fingerprint density at radius 1 is 1.36 bits per heavy atom. The molecule has 0 saturated heterocycles. The molecule has 0 aliphatic heterocycles. The molecule has 0 unspecified atom stereocenters. The van der Waals surface area contributed by atoms with E-state index in [1.54, 1.807) is 0 Å². The summed E-state index contributed by atoms with van der Waals surface area (Å²) in [4.78, 5) is 21.3. The van der Waals surface area contributed by atoms with Gasteiger partial charge in [0.15, 0.2) is 0 Å². The normalized spacial score (nSPS) is 24.7. The summed E-state index contributed by atoms with van der Waals surface area (Å²) in [5.41, 5.74) is 0. The van der Waals surface area contributed by atoms with Crippen LogP contribution < -0.4 is 0 Å². The van der Waals surface area contributed by atoms with Gasteiger partial charge in [-0.05, 0) is 12.5 Å². The molecule has 0 fully saturated rings. The third-order valence-corrected chi connectivity index (χ3v) is 2.03. The van der Waals surface area contributed by atoms with Crippen molar-refractivity contribution >= 4 is 11.9 Å². The van der Waals surface area contributed by atoms with E-state index in [0.29, 0.717) is 6.61 Å². The molecule has 4 nitrogen and oxygen atoms in total. The van der Waals surface area contributed by atoms with Gasteiger partial charge in [-0.1, -0.05) is 6.08 Å². The molecule has 1 rings (SSSR count). The van der Waals surface area contributed by atoms with Crippen molar-refractivity contribution in [1.29, 1.82) is 0 Å². The van der Waals surface area contributed by atoms with E-state index in [9.17, 15) is 9.59 Å². The minimum Gasteiger partial charge on any atom is -0.465 e. The summed E-state index contributed by atoms with van der Waals surface area (Å²) >= 11 is 0. The maximum Gasteiger partial charge on any atom is 0.303 e. The second-order valence-electron chi connectivity index (χ2n) is 3.30. The zero-order chi connectivity index (χ0) is 10.6. The summed E-state index contributed by atoms with van der Waals surface area (Å²) in [5, 5.41) is 0. The van der Waals surface area contributed by atoms with E-state index in [2.05, 4.69) is 0 Å². The Hall–Kier alpha value is -1.32. The maximum absolute atomic E-state index is 10.7. The molecule has 0 amide bonds. The van der Waals surface area contributed by atoms with Gasteiger partial charge in [-0.25, -0.2) is 0 Å². The van der Waals surface area contributed by atoms with Crippen molar-refractivity contribution in [2.45, 2.75) is 26.4 Å². The Kier molecular flexibility index (Phi) is 3.68. The van der Waals surface area contributed by atoms with E-state index in [1.807, 2.05) is 12.2 Å². The minimum atomic E-state index is -0.311. The van der Waals surface area contributed by atoms with E-state index in [1.165, 1.54) is 13.8 Å². The fourth-order valence-electron chi connectivity index (χ4n) is 1.39. The van der Waals surface area contributed by atoms with Gasteiger partial charge >= 0.3 is 11.9 Å². The van der Waals surface area contributed by atoms with Crippen LogP contribution in [0, 0.1) is 5.92 Å². The molecule has 0 N–H and O–H groups in total. The van der Waals surface area contributed by atoms with Crippen LogP contribution in [0.1, 0.15) is 20.3 Å². The van der Waals surface area contributed by atoms with E-state index < -0.39 is 0 Å². The molecule has 0 bridgehead atoms. The first kappa shape index (κ1) is 10.8. The summed E-state index contributed by atoms with van der Waals surface area (Å²) in [6, 6.07) is 0. The van der Waals surface area contributed by atoms with Crippen LogP contribution in [0.5, 0.6) is 0 Å². The predicted octanol–water partition coefficient (Wildman–Crippen LogP) is 1.06. The summed E-state index contributed by atoms with van der Waals surface area (Å²) in [6.45, 7) is 3.04. The third-order valence-electron chi connectivity index (χ3n) is 2.03. The fraction of sp³-hybridized carbons (Fsp3) is 0.600. The highest BCUT2D eigenvalue weighted by Gasteiger charge is 2.26. The molecule has 4 heteroatoms. The Balaban J connectivity index is 2.37. The summed E-state index contributed by atoms with van der Waals surface area (Å²) in [6.07, 6.45) is 4.30. The molecule has 0 aromatic rings. The Morgan fingerprint density at radius 2 is 2.07 bits per heavy atom. The number of carbonyl (C=O) groups excluding carboxylic acids is 2. The van der Waals surface area contributed by atoms with Gasteiger partial charge in [-0.15, -0.1) is 0 Å². The van der Waals surface area contributed by atoms with E-state index in [0.717, 1.165) is 6.42 Å². The number of rotatable bonds is 3. The molecule has 0 radical (unpaired) electrons. The van der Waals surface area contributed by atoms with Gasteiger partial charge in [-0.3, -0.25) is 9.59 Å². The zero-order valence-corrected chi connectivity index (χ0v) is 8.36.